The smallest absolute Gasteiger partial charge is 0.220 e. The Morgan fingerprint density at radius 3 is 2.92 bits per heavy atom. The van der Waals surface area contributed by atoms with Crippen molar-refractivity contribution in [3.8, 4) is 5.75 Å². The molecule has 1 atom stereocenters. The number of hydrogen-bond acceptors (Lipinski definition) is 5. The van der Waals surface area contributed by atoms with Gasteiger partial charge >= 0.3 is 0 Å². The van der Waals surface area contributed by atoms with Crippen LogP contribution in [0.25, 0.3) is 4.96 Å². The number of nitrogens with zero attached hydrogens (tertiary/aromatic N) is 3. The summed E-state index contributed by atoms with van der Waals surface area (Å²) in [6, 6.07) is 7.85. The molecule has 0 aliphatic rings. The number of aromatic nitrogens is 3. The maximum Gasteiger partial charge on any atom is 0.220 e. The van der Waals surface area contributed by atoms with Gasteiger partial charge in [0.1, 0.15) is 12.1 Å². The molecule has 126 valence electrons. The van der Waals surface area contributed by atoms with E-state index in [0.717, 1.165) is 28.4 Å². The predicted octanol–water partition coefficient (Wildman–Crippen LogP) is 2.65. The molecule has 24 heavy (non-hydrogen) atoms. The van der Waals surface area contributed by atoms with Crippen LogP contribution in [0.15, 0.2) is 36.0 Å². The normalized spacial score (nSPS) is 12.2. The second kappa shape index (κ2) is 7.44. The summed E-state index contributed by atoms with van der Waals surface area (Å²) in [4.78, 5) is 17.1. The van der Waals surface area contributed by atoms with Crippen LogP contribution in [0.1, 0.15) is 30.5 Å². The third-order valence-corrected chi connectivity index (χ3v) is 4.85. The monoisotopic (exact) mass is 344 g/mol. The fourth-order valence-electron chi connectivity index (χ4n) is 2.57. The van der Waals surface area contributed by atoms with Gasteiger partial charge in [-0.2, -0.15) is 5.10 Å². The molecule has 0 spiro atoms. The Morgan fingerprint density at radius 1 is 1.38 bits per heavy atom. The lowest BCUT2D eigenvalue weighted by Crippen LogP contribution is -2.27. The Labute approximate surface area is 144 Å². The summed E-state index contributed by atoms with van der Waals surface area (Å²) >= 11 is 1.56. The molecule has 2 aromatic heterocycles. The predicted molar refractivity (Wildman–Crippen MR) is 93.6 cm³/mol. The summed E-state index contributed by atoms with van der Waals surface area (Å²) in [7, 11) is 1.65. The lowest BCUT2D eigenvalue weighted by molar-refractivity contribution is -0.121. The standard InChI is InChI=1S/C17H20N4O2S/c1-12(13-3-5-15(23-2)6-4-13)9-16(22)18-8-7-14-10-24-17-19-11-20-21(14)17/h3-6,10-12H,7-9H2,1-2H3,(H,18,22). The summed E-state index contributed by atoms with van der Waals surface area (Å²) < 4.78 is 6.97. The summed E-state index contributed by atoms with van der Waals surface area (Å²) in [5.74, 6) is 1.05. The van der Waals surface area contributed by atoms with Gasteiger partial charge in [0.25, 0.3) is 0 Å². The summed E-state index contributed by atoms with van der Waals surface area (Å²) in [6.07, 6.45) is 2.76. The average molecular weight is 344 g/mol. The van der Waals surface area contributed by atoms with Crippen molar-refractivity contribution in [1.82, 2.24) is 19.9 Å². The Balaban J connectivity index is 1.47. The molecule has 0 fully saturated rings. The first-order chi connectivity index (χ1) is 11.7. The zero-order valence-electron chi connectivity index (χ0n) is 13.7. The number of carbonyl (C=O) groups excluding carboxylic acids is 1. The quantitative estimate of drug-likeness (QED) is 0.715. The van der Waals surface area contributed by atoms with Gasteiger partial charge in [0.15, 0.2) is 0 Å². The van der Waals surface area contributed by atoms with Crippen molar-refractivity contribution in [1.29, 1.82) is 0 Å². The first-order valence-electron chi connectivity index (χ1n) is 7.84. The third-order valence-electron chi connectivity index (χ3n) is 3.97. The molecule has 6 nitrogen and oxygen atoms in total. The maximum absolute atomic E-state index is 12.1. The van der Waals surface area contributed by atoms with Gasteiger partial charge in [-0.1, -0.05) is 19.1 Å². The van der Waals surface area contributed by atoms with Gasteiger partial charge in [-0.25, -0.2) is 9.50 Å². The van der Waals surface area contributed by atoms with Crippen molar-refractivity contribution in [2.45, 2.75) is 25.7 Å². The zero-order valence-corrected chi connectivity index (χ0v) is 14.5. The van der Waals surface area contributed by atoms with Crippen LogP contribution in [0, 0.1) is 0 Å². The van der Waals surface area contributed by atoms with Crippen LogP contribution in [0.2, 0.25) is 0 Å². The van der Waals surface area contributed by atoms with Crippen molar-refractivity contribution in [3.63, 3.8) is 0 Å². The number of thiazole rings is 1. The topological polar surface area (TPSA) is 68.5 Å². The highest BCUT2D eigenvalue weighted by atomic mass is 32.1. The molecule has 0 saturated carbocycles. The Kier molecular flexibility index (Phi) is 5.10. The largest absolute Gasteiger partial charge is 0.497 e. The molecular formula is C17H20N4O2S. The molecule has 1 N–H and O–H groups in total. The molecule has 0 aliphatic heterocycles. The van der Waals surface area contributed by atoms with Crippen LogP contribution in [0.4, 0.5) is 0 Å². The van der Waals surface area contributed by atoms with Crippen molar-refractivity contribution < 1.29 is 9.53 Å². The number of ether oxygens (including phenoxy) is 1. The maximum atomic E-state index is 12.1. The van der Waals surface area contributed by atoms with E-state index in [-0.39, 0.29) is 11.8 Å². The van der Waals surface area contributed by atoms with Crippen molar-refractivity contribution in [3.05, 3.63) is 47.2 Å². The van der Waals surface area contributed by atoms with Gasteiger partial charge in [0, 0.05) is 24.8 Å². The second-order valence-corrected chi connectivity index (χ2v) is 6.50. The summed E-state index contributed by atoms with van der Waals surface area (Å²) in [6.45, 7) is 2.65. The van der Waals surface area contributed by atoms with Crippen molar-refractivity contribution in [2.75, 3.05) is 13.7 Å². The number of methoxy groups -OCH3 is 1. The van der Waals surface area contributed by atoms with Crippen LogP contribution in [-0.2, 0) is 11.2 Å². The highest BCUT2D eigenvalue weighted by molar-refractivity contribution is 7.15. The number of hydrogen-bond donors (Lipinski definition) is 1. The molecule has 0 saturated heterocycles. The minimum atomic E-state index is 0.0587. The Morgan fingerprint density at radius 2 is 2.17 bits per heavy atom. The van der Waals surface area contributed by atoms with Gasteiger partial charge in [0.05, 0.1) is 12.8 Å². The number of amides is 1. The van der Waals surface area contributed by atoms with Crippen LogP contribution in [-0.4, -0.2) is 34.2 Å². The summed E-state index contributed by atoms with van der Waals surface area (Å²) in [5, 5.41) is 9.18. The van der Waals surface area contributed by atoms with Gasteiger partial charge < -0.3 is 10.1 Å². The number of benzene rings is 1. The molecule has 1 amide bonds. The van der Waals surface area contributed by atoms with Crippen LogP contribution >= 0.6 is 11.3 Å². The first kappa shape index (κ1) is 16.4. The van der Waals surface area contributed by atoms with E-state index in [4.69, 9.17) is 4.74 Å². The SMILES string of the molecule is COc1ccc(C(C)CC(=O)NCCc2csc3ncnn23)cc1. The van der Waals surface area contributed by atoms with Gasteiger partial charge in [0.2, 0.25) is 10.9 Å². The summed E-state index contributed by atoms with van der Waals surface area (Å²) in [5.41, 5.74) is 2.20. The van der Waals surface area contributed by atoms with Crippen LogP contribution in [0.3, 0.4) is 0 Å². The van der Waals surface area contributed by atoms with E-state index in [1.807, 2.05) is 34.2 Å². The Hall–Kier alpha value is -2.41. The van der Waals surface area contributed by atoms with E-state index < -0.39 is 0 Å². The zero-order chi connectivity index (χ0) is 16.9. The van der Waals surface area contributed by atoms with Crippen LogP contribution < -0.4 is 10.1 Å². The van der Waals surface area contributed by atoms with E-state index in [9.17, 15) is 4.79 Å². The molecule has 3 aromatic rings. The fraction of sp³-hybridized carbons (Fsp3) is 0.353. The molecular weight excluding hydrogens is 324 g/mol. The molecule has 0 bridgehead atoms. The minimum absolute atomic E-state index is 0.0587. The first-order valence-corrected chi connectivity index (χ1v) is 8.72. The van der Waals surface area contributed by atoms with Gasteiger partial charge in [-0.15, -0.1) is 11.3 Å². The number of carbonyl (C=O) groups is 1. The average Bonchev–Trinajstić information content (AvgIpc) is 3.19. The highest BCUT2D eigenvalue weighted by Crippen LogP contribution is 2.21. The lowest BCUT2D eigenvalue weighted by atomic mass is 9.97. The molecule has 1 unspecified atom stereocenters. The van der Waals surface area contributed by atoms with E-state index >= 15 is 0 Å². The molecule has 1 aromatic carbocycles. The molecule has 0 aliphatic carbocycles. The van der Waals surface area contributed by atoms with E-state index in [1.165, 1.54) is 0 Å². The number of nitrogens with one attached hydrogen (secondary N) is 1. The van der Waals surface area contributed by atoms with Crippen molar-refractivity contribution in [2.24, 2.45) is 0 Å². The van der Waals surface area contributed by atoms with Gasteiger partial charge in [-0.3, -0.25) is 4.79 Å². The van der Waals surface area contributed by atoms with Crippen LogP contribution in [0.5, 0.6) is 5.75 Å². The van der Waals surface area contributed by atoms with E-state index in [0.29, 0.717) is 13.0 Å². The molecule has 7 heteroatoms. The fourth-order valence-corrected chi connectivity index (χ4v) is 3.41. The van der Waals surface area contributed by atoms with E-state index in [2.05, 4.69) is 22.3 Å². The van der Waals surface area contributed by atoms with Crippen molar-refractivity contribution >= 4 is 22.2 Å². The minimum Gasteiger partial charge on any atom is -0.497 e. The Bertz CT molecular complexity index is 809. The second-order valence-electron chi connectivity index (χ2n) is 5.66. The highest BCUT2D eigenvalue weighted by Gasteiger charge is 2.12. The lowest BCUT2D eigenvalue weighted by Gasteiger charge is -2.12. The number of rotatable bonds is 7. The van der Waals surface area contributed by atoms with Gasteiger partial charge in [-0.05, 0) is 23.6 Å². The molecule has 3 rings (SSSR count). The third kappa shape index (κ3) is 3.73. The molecule has 0 radical (unpaired) electrons. The van der Waals surface area contributed by atoms with E-state index in [1.54, 1.807) is 24.8 Å². The number of fused-ring (bicyclic) bond motifs is 1. The molecule has 2 heterocycles.